The summed E-state index contributed by atoms with van der Waals surface area (Å²) in [6.45, 7) is 3.83. The first kappa shape index (κ1) is 15.5. The Balaban J connectivity index is 2.15. The van der Waals surface area contributed by atoms with Crippen LogP contribution in [0.25, 0.3) is 0 Å². The molecule has 0 unspecified atom stereocenters. The van der Waals surface area contributed by atoms with Gasteiger partial charge in [0.25, 0.3) is 5.91 Å². The largest absolute Gasteiger partial charge is 0.473 e. The Morgan fingerprint density at radius 3 is 2.62 bits per heavy atom. The summed E-state index contributed by atoms with van der Waals surface area (Å²) in [6, 6.07) is 11.0. The fourth-order valence-electron chi connectivity index (χ4n) is 1.74. The van der Waals surface area contributed by atoms with E-state index in [-0.39, 0.29) is 12.0 Å². The van der Waals surface area contributed by atoms with Crippen LogP contribution in [-0.2, 0) is 5.33 Å². The Bertz CT molecular complexity index is 612. The molecule has 2 rings (SSSR count). The fourth-order valence-corrected chi connectivity index (χ4v) is 2.12. The molecular formula is C16H17BrN2O2. The third kappa shape index (κ3) is 4.29. The molecule has 0 aliphatic heterocycles. The van der Waals surface area contributed by atoms with Gasteiger partial charge >= 0.3 is 0 Å². The highest BCUT2D eigenvalue weighted by molar-refractivity contribution is 9.08. The number of nitrogens with zero attached hydrogens (tertiary/aromatic N) is 1. The van der Waals surface area contributed by atoms with Crippen molar-refractivity contribution in [1.29, 1.82) is 0 Å². The Morgan fingerprint density at radius 1 is 1.29 bits per heavy atom. The number of benzene rings is 1. The number of halogens is 1. The van der Waals surface area contributed by atoms with Crippen molar-refractivity contribution in [2.24, 2.45) is 0 Å². The van der Waals surface area contributed by atoms with Crippen LogP contribution < -0.4 is 10.1 Å². The van der Waals surface area contributed by atoms with E-state index < -0.39 is 0 Å². The summed E-state index contributed by atoms with van der Waals surface area (Å²) in [4.78, 5) is 16.4. The number of aromatic nitrogens is 1. The zero-order valence-electron chi connectivity index (χ0n) is 12.0. The number of alkyl halides is 1. The minimum Gasteiger partial charge on any atom is -0.473 e. The molecular weight excluding hydrogens is 332 g/mol. The maximum absolute atomic E-state index is 12.2. The number of amides is 1. The van der Waals surface area contributed by atoms with Crippen LogP contribution in [0.4, 0.5) is 5.69 Å². The first-order valence-corrected chi connectivity index (χ1v) is 7.80. The Kier molecular flexibility index (Phi) is 5.33. The molecule has 1 aromatic carbocycles. The zero-order chi connectivity index (χ0) is 15.2. The van der Waals surface area contributed by atoms with E-state index in [1.54, 1.807) is 30.5 Å². The van der Waals surface area contributed by atoms with Gasteiger partial charge < -0.3 is 10.1 Å². The van der Waals surface area contributed by atoms with Crippen LogP contribution in [0.3, 0.4) is 0 Å². The number of hydrogen-bond donors (Lipinski definition) is 1. The lowest BCUT2D eigenvalue weighted by atomic mass is 10.1. The average molecular weight is 349 g/mol. The Labute approximate surface area is 132 Å². The normalized spacial score (nSPS) is 10.5. The van der Waals surface area contributed by atoms with Crippen LogP contribution in [0.5, 0.6) is 5.88 Å². The van der Waals surface area contributed by atoms with Gasteiger partial charge in [-0.15, -0.1) is 0 Å². The monoisotopic (exact) mass is 348 g/mol. The third-order valence-corrected chi connectivity index (χ3v) is 3.38. The number of ether oxygens (including phenoxy) is 1. The summed E-state index contributed by atoms with van der Waals surface area (Å²) in [5, 5.41) is 3.60. The molecule has 21 heavy (non-hydrogen) atoms. The molecule has 4 nitrogen and oxygen atoms in total. The molecule has 0 aliphatic rings. The summed E-state index contributed by atoms with van der Waals surface area (Å²) < 4.78 is 5.59. The second-order valence-electron chi connectivity index (χ2n) is 4.81. The van der Waals surface area contributed by atoms with Crippen molar-refractivity contribution in [2.75, 3.05) is 5.32 Å². The molecule has 0 saturated carbocycles. The predicted molar refractivity (Wildman–Crippen MR) is 87.0 cm³/mol. The van der Waals surface area contributed by atoms with Crippen molar-refractivity contribution in [3.8, 4) is 5.88 Å². The minimum atomic E-state index is -0.183. The SMILES string of the molecule is CC(C)Oc1ncccc1NC(=O)c1ccc(CBr)cc1. The number of carbonyl (C=O) groups excluding carboxylic acids is 1. The van der Waals surface area contributed by atoms with Crippen LogP contribution in [0.1, 0.15) is 29.8 Å². The van der Waals surface area contributed by atoms with E-state index in [9.17, 15) is 4.79 Å². The van der Waals surface area contributed by atoms with Crippen molar-refractivity contribution in [1.82, 2.24) is 4.98 Å². The molecule has 0 atom stereocenters. The topological polar surface area (TPSA) is 51.2 Å². The van der Waals surface area contributed by atoms with Crippen LogP contribution in [0.15, 0.2) is 42.6 Å². The maximum Gasteiger partial charge on any atom is 0.255 e. The van der Waals surface area contributed by atoms with Gasteiger partial charge in [-0.3, -0.25) is 4.79 Å². The van der Waals surface area contributed by atoms with E-state index >= 15 is 0 Å². The molecule has 0 radical (unpaired) electrons. The Hall–Kier alpha value is -1.88. The summed E-state index contributed by atoms with van der Waals surface area (Å²) in [5.41, 5.74) is 2.29. The first-order chi connectivity index (χ1) is 10.1. The average Bonchev–Trinajstić information content (AvgIpc) is 2.49. The molecule has 1 N–H and O–H groups in total. The molecule has 0 bridgehead atoms. The van der Waals surface area contributed by atoms with Gasteiger partial charge in [0.05, 0.1) is 6.10 Å². The Morgan fingerprint density at radius 2 is 2.00 bits per heavy atom. The van der Waals surface area contributed by atoms with Gasteiger partial charge in [0.15, 0.2) is 0 Å². The van der Waals surface area contributed by atoms with Crippen molar-refractivity contribution < 1.29 is 9.53 Å². The smallest absolute Gasteiger partial charge is 0.255 e. The quantitative estimate of drug-likeness (QED) is 0.830. The lowest BCUT2D eigenvalue weighted by molar-refractivity contribution is 0.102. The summed E-state index contributed by atoms with van der Waals surface area (Å²) in [7, 11) is 0. The second kappa shape index (κ2) is 7.22. The molecule has 110 valence electrons. The van der Waals surface area contributed by atoms with Gasteiger partial charge in [0.2, 0.25) is 5.88 Å². The molecule has 1 aromatic heterocycles. The predicted octanol–water partition coefficient (Wildman–Crippen LogP) is 4.02. The molecule has 0 aliphatic carbocycles. The van der Waals surface area contributed by atoms with E-state index in [0.717, 1.165) is 10.9 Å². The van der Waals surface area contributed by atoms with Crippen molar-refractivity contribution in [3.63, 3.8) is 0 Å². The minimum absolute atomic E-state index is 0.00577. The molecule has 0 saturated heterocycles. The molecule has 1 heterocycles. The second-order valence-corrected chi connectivity index (χ2v) is 5.37. The molecule has 2 aromatic rings. The highest BCUT2D eigenvalue weighted by atomic mass is 79.9. The number of hydrogen-bond acceptors (Lipinski definition) is 3. The van der Waals surface area contributed by atoms with Gasteiger partial charge in [-0.05, 0) is 43.7 Å². The number of rotatable bonds is 5. The van der Waals surface area contributed by atoms with Gasteiger partial charge in [0.1, 0.15) is 5.69 Å². The van der Waals surface area contributed by atoms with Crippen LogP contribution in [-0.4, -0.2) is 17.0 Å². The molecule has 0 spiro atoms. The summed E-state index contributed by atoms with van der Waals surface area (Å²) in [6.07, 6.45) is 1.63. The van der Waals surface area contributed by atoms with Crippen LogP contribution in [0.2, 0.25) is 0 Å². The number of carbonyl (C=O) groups is 1. The lowest BCUT2D eigenvalue weighted by Gasteiger charge is -2.13. The third-order valence-electron chi connectivity index (χ3n) is 2.74. The van der Waals surface area contributed by atoms with Crippen LogP contribution >= 0.6 is 15.9 Å². The highest BCUT2D eigenvalue weighted by Gasteiger charge is 2.11. The molecule has 5 heteroatoms. The number of nitrogens with one attached hydrogen (secondary N) is 1. The van der Waals surface area contributed by atoms with E-state index in [1.165, 1.54) is 0 Å². The van der Waals surface area contributed by atoms with Gasteiger partial charge in [-0.25, -0.2) is 4.98 Å². The molecule has 0 fully saturated rings. The lowest BCUT2D eigenvalue weighted by Crippen LogP contribution is -2.15. The van der Waals surface area contributed by atoms with E-state index in [4.69, 9.17) is 4.74 Å². The standard InChI is InChI=1S/C16H17BrN2O2/c1-11(2)21-16-14(4-3-9-18-16)19-15(20)13-7-5-12(10-17)6-8-13/h3-9,11H,10H2,1-2H3,(H,19,20). The first-order valence-electron chi connectivity index (χ1n) is 6.68. The highest BCUT2D eigenvalue weighted by Crippen LogP contribution is 2.22. The van der Waals surface area contributed by atoms with Gasteiger partial charge in [-0.2, -0.15) is 0 Å². The fraction of sp³-hybridized carbons (Fsp3) is 0.250. The van der Waals surface area contributed by atoms with E-state index in [1.807, 2.05) is 26.0 Å². The zero-order valence-corrected chi connectivity index (χ0v) is 13.6. The number of anilines is 1. The van der Waals surface area contributed by atoms with Crippen molar-refractivity contribution in [3.05, 3.63) is 53.7 Å². The van der Waals surface area contributed by atoms with E-state index in [0.29, 0.717) is 17.1 Å². The van der Waals surface area contributed by atoms with Gasteiger partial charge in [0, 0.05) is 17.1 Å². The molecule has 1 amide bonds. The van der Waals surface area contributed by atoms with Crippen molar-refractivity contribution >= 4 is 27.5 Å². The van der Waals surface area contributed by atoms with Crippen LogP contribution in [0, 0.1) is 0 Å². The maximum atomic E-state index is 12.2. The van der Waals surface area contributed by atoms with E-state index in [2.05, 4.69) is 26.2 Å². The summed E-state index contributed by atoms with van der Waals surface area (Å²) in [5.74, 6) is 0.246. The van der Waals surface area contributed by atoms with Gasteiger partial charge in [-0.1, -0.05) is 28.1 Å². The number of pyridine rings is 1. The van der Waals surface area contributed by atoms with Crippen molar-refractivity contribution in [2.45, 2.75) is 25.3 Å². The summed E-state index contributed by atoms with van der Waals surface area (Å²) >= 11 is 3.38.